The fourth-order valence-electron chi connectivity index (χ4n) is 2.58. The Kier molecular flexibility index (Phi) is 3.48. The van der Waals surface area contributed by atoms with Crippen molar-refractivity contribution in [3.05, 3.63) is 65.9 Å². The molecule has 1 aromatic heterocycles. The second-order valence-electron chi connectivity index (χ2n) is 5.10. The number of nitrogens with one attached hydrogen (secondary N) is 1. The molecule has 2 nitrogen and oxygen atoms in total. The Morgan fingerprint density at radius 2 is 1.90 bits per heavy atom. The smallest absolute Gasteiger partial charge is 0.0702 e. The van der Waals surface area contributed by atoms with E-state index >= 15 is 0 Å². The molecule has 0 saturated carbocycles. The zero-order valence-corrected chi connectivity index (χ0v) is 11.9. The number of pyridine rings is 1. The van der Waals surface area contributed by atoms with Gasteiger partial charge in [-0.1, -0.05) is 36.4 Å². The molecular formula is C18H18N2. The van der Waals surface area contributed by atoms with Gasteiger partial charge in [0.1, 0.15) is 0 Å². The van der Waals surface area contributed by atoms with Gasteiger partial charge < -0.3 is 5.32 Å². The summed E-state index contributed by atoms with van der Waals surface area (Å²) in [6, 6.07) is 17.0. The van der Waals surface area contributed by atoms with Gasteiger partial charge in [0.2, 0.25) is 0 Å². The van der Waals surface area contributed by atoms with Gasteiger partial charge in [0.05, 0.1) is 5.52 Å². The van der Waals surface area contributed by atoms with Crippen molar-refractivity contribution < 1.29 is 0 Å². The molecular weight excluding hydrogens is 244 g/mol. The highest BCUT2D eigenvalue weighted by molar-refractivity contribution is 5.84. The third-order valence-electron chi connectivity index (χ3n) is 3.57. The zero-order chi connectivity index (χ0) is 13.9. The second kappa shape index (κ2) is 5.43. The third kappa shape index (κ3) is 2.43. The molecule has 0 aliphatic rings. The first-order valence-corrected chi connectivity index (χ1v) is 6.87. The minimum absolute atomic E-state index is 0.900. The molecule has 0 unspecified atom stereocenters. The first-order chi connectivity index (χ1) is 9.78. The van der Waals surface area contributed by atoms with Crippen LogP contribution >= 0.6 is 0 Å². The van der Waals surface area contributed by atoms with Gasteiger partial charge in [-0.15, -0.1) is 0 Å². The van der Waals surface area contributed by atoms with Crippen molar-refractivity contribution in [3.63, 3.8) is 0 Å². The summed E-state index contributed by atoms with van der Waals surface area (Å²) in [5.41, 5.74) is 6.07. The quantitative estimate of drug-likeness (QED) is 0.773. The number of fused-ring (bicyclic) bond motifs is 1. The number of rotatable bonds is 3. The van der Waals surface area contributed by atoms with Crippen LogP contribution < -0.4 is 5.32 Å². The maximum atomic E-state index is 4.55. The molecule has 3 rings (SSSR count). The maximum absolute atomic E-state index is 4.55. The van der Waals surface area contributed by atoms with Crippen molar-refractivity contribution in [3.8, 4) is 11.1 Å². The lowest BCUT2D eigenvalue weighted by Crippen LogP contribution is -2.05. The van der Waals surface area contributed by atoms with Gasteiger partial charge >= 0.3 is 0 Å². The van der Waals surface area contributed by atoms with Gasteiger partial charge in [-0.2, -0.15) is 0 Å². The molecule has 2 heteroatoms. The molecule has 100 valence electrons. The molecule has 0 fully saturated rings. The van der Waals surface area contributed by atoms with Crippen LogP contribution in [0.3, 0.4) is 0 Å². The van der Waals surface area contributed by atoms with Crippen LogP contribution in [0.2, 0.25) is 0 Å². The van der Waals surface area contributed by atoms with E-state index in [2.05, 4.69) is 53.6 Å². The highest BCUT2D eigenvalue weighted by Gasteiger charge is 2.04. The van der Waals surface area contributed by atoms with Gasteiger partial charge in [0.15, 0.2) is 0 Å². The Morgan fingerprint density at radius 3 is 2.70 bits per heavy atom. The fraction of sp³-hybridized carbons (Fsp3) is 0.167. The van der Waals surface area contributed by atoms with Crippen LogP contribution in [-0.2, 0) is 6.54 Å². The summed E-state index contributed by atoms with van der Waals surface area (Å²) in [5, 5.41) is 4.37. The highest BCUT2D eigenvalue weighted by Crippen LogP contribution is 2.26. The van der Waals surface area contributed by atoms with E-state index in [-0.39, 0.29) is 0 Å². The summed E-state index contributed by atoms with van der Waals surface area (Å²) < 4.78 is 0. The van der Waals surface area contributed by atoms with E-state index in [9.17, 15) is 0 Å². The van der Waals surface area contributed by atoms with Gasteiger partial charge in [0, 0.05) is 23.7 Å². The number of benzene rings is 2. The van der Waals surface area contributed by atoms with Crippen molar-refractivity contribution in [2.45, 2.75) is 13.5 Å². The van der Waals surface area contributed by atoms with E-state index in [1.165, 1.54) is 27.6 Å². The van der Waals surface area contributed by atoms with Crippen molar-refractivity contribution in [1.29, 1.82) is 0 Å². The molecule has 0 radical (unpaired) electrons. The van der Waals surface area contributed by atoms with Gasteiger partial charge in [-0.05, 0) is 42.8 Å². The number of nitrogens with zero attached hydrogens (tertiary/aromatic N) is 1. The minimum Gasteiger partial charge on any atom is -0.316 e. The largest absolute Gasteiger partial charge is 0.316 e. The molecule has 0 aliphatic carbocycles. The third-order valence-corrected chi connectivity index (χ3v) is 3.57. The topological polar surface area (TPSA) is 24.9 Å². The van der Waals surface area contributed by atoms with Crippen LogP contribution in [0.4, 0.5) is 0 Å². The summed E-state index contributed by atoms with van der Waals surface area (Å²) in [6.07, 6.45) is 1.96. The molecule has 0 saturated heterocycles. The first kappa shape index (κ1) is 12.8. The van der Waals surface area contributed by atoms with Crippen LogP contribution in [0.15, 0.2) is 54.7 Å². The van der Waals surface area contributed by atoms with Crippen LogP contribution in [-0.4, -0.2) is 12.0 Å². The predicted molar refractivity (Wildman–Crippen MR) is 84.7 cm³/mol. The summed E-state index contributed by atoms with van der Waals surface area (Å²) in [5.74, 6) is 0. The minimum atomic E-state index is 0.900. The molecule has 1 heterocycles. The molecule has 0 bridgehead atoms. The summed E-state index contributed by atoms with van der Waals surface area (Å²) >= 11 is 0. The first-order valence-electron chi connectivity index (χ1n) is 6.87. The SMILES string of the molecule is CNCc1ccc(-c2cnc3ccccc3c2)c(C)c1. The summed E-state index contributed by atoms with van der Waals surface area (Å²) in [6.45, 7) is 3.06. The molecule has 1 N–H and O–H groups in total. The monoisotopic (exact) mass is 262 g/mol. The summed E-state index contributed by atoms with van der Waals surface area (Å²) in [7, 11) is 1.97. The van der Waals surface area contributed by atoms with Crippen LogP contribution in [0.25, 0.3) is 22.0 Å². The number of hydrogen-bond donors (Lipinski definition) is 1. The van der Waals surface area contributed by atoms with Crippen LogP contribution in [0.1, 0.15) is 11.1 Å². The van der Waals surface area contributed by atoms with E-state index in [4.69, 9.17) is 0 Å². The lowest BCUT2D eigenvalue weighted by molar-refractivity contribution is 0.817. The Bertz CT molecular complexity index is 747. The maximum Gasteiger partial charge on any atom is 0.0702 e. The Morgan fingerprint density at radius 1 is 1.05 bits per heavy atom. The lowest BCUT2D eigenvalue weighted by atomic mass is 9.98. The molecule has 20 heavy (non-hydrogen) atoms. The Hall–Kier alpha value is -2.19. The van der Waals surface area contributed by atoms with Gasteiger partial charge in [-0.3, -0.25) is 4.98 Å². The van der Waals surface area contributed by atoms with E-state index in [0.29, 0.717) is 0 Å². The number of aromatic nitrogens is 1. The average Bonchev–Trinajstić information content (AvgIpc) is 2.47. The van der Waals surface area contributed by atoms with Crippen LogP contribution in [0.5, 0.6) is 0 Å². The highest BCUT2D eigenvalue weighted by atomic mass is 14.8. The molecule has 2 aromatic carbocycles. The molecule has 0 atom stereocenters. The average molecular weight is 262 g/mol. The second-order valence-corrected chi connectivity index (χ2v) is 5.10. The van der Waals surface area contributed by atoms with Gasteiger partial charge in [-0.25, -0.2) is 0 Å². The van der Waals surface area contributed by atoms with Crippen LogP contribution in [0, 0.1) is 6.92 Å². The zero-order valence-electron chi connectivity index (χ0n) is 11.9. The summed E-state index contributed by atoms with van der Waals surface area (Å²) in [4.78, 5) is 4.55. The van der Waals surface area contributed by atoms with Crippen molar-refractivity contribution in [1.82, 2.24) is 10.3 Å². The molecule has 0 aliphatic heterocycles. The number of hydrogen-bond acceptors (Lipinski definition) is 2. The van der Waals surface area contributed by atoms with E-state index in [1.807, 2.05) is 25.4 Å². The van der Waals surface area contributed by atoms with E-state index < -0.39 is 0 Å². The Balaban J connectivity index is 2.06. The Labute approximate surface area is 119 Å². The van der Waals surface area contributed by atoms with Crippen molar-refractivity contribution in [2.75, 3.05) is 7.05 Å². The molecule has 3 aromatic rings. The lowest BCUT2D eigenvalue weighted by Gasteiger charge is -2.09. The van der Waals surface area contributed by atoms with E-state index in [1.54, 1.807) is 0 Å². The van der Waals surface area contributed by atoms with Crippen molar-refractivity contribution >= 4 is 10.9 Å². The van der Waals surface area contributed by atoms with E-state index in [0.717, 1.165) is 12.1 Å². The predicted octanol–water partition coefficient (Wildman–Crippen LogP) is 3.93. The molecule has 0 amide bonds. The number of para-hydroxylation sites is 1. The number of aryl methyl sites for hydroxylation is 1. The normalized spacial score (nSPS) is 10.9. The fourth-order valence-corrected chi connectivity index (χ4v) is 2.58. The molecule has 0 spiro atoms. The standard InChI is InChI=1S/C18H18N2/c1-13-9-14(11-19-2)7-8-17(13)16-10-15-5-3-4-6-18(15)20-12-16/h3-10,12,19H,11H2,1-2H3. The van der Waals surface area contributed by atoms with Crippen molar-refractivity contribution in [2.24, 2.45) is 0 Å². The van der Waals surface area contributed by atoms with Gasteiger partial charge in [0.25, 0.3) is 0 Å².